The van der Waals surface area contributed by atoms with Gasteiger partial charge in [-0.25, -0.2) is 0 Å². The minimum atomic E-state index is 0.197. The van der Waals surface area contributed by atoms with E-state index in [9.17, 15) is 5.11 Å². The van der Waals surface area contributed by atoms with Crippen LogP contribution < -0.4 is 25.3 Å². The van der Waals surface area contributed by atoms with Crippen LogP contribution in [-0.4, -0.2) is 32.0 Å². The molecule has 0 bridgehead atoms. The lowest BCUT2D eigenvalue weighted by Gasteiger charge is -2.47. The van der Waals surface area contributed by atoms with Crippen molar-refractivity contribution in [2.24, 2.45) is 17.1 Å². The van der Waals surface area contributed by atoms with Crippen LogP contribution in [0.2, 0.25) is 0 Å². The fraction of sp³-hybridized carbons (Fsp3) is 0.455. The number of phenols is 1. The highest BCUT2D eigenvalue weighted by molar-refractivity contribution is 5.74. The molecule has 4 rings (SSSR count). The summed E-state index contributed by atoms with van der Waals surface area (Å²) in [6.45, 7) is 9.03. The highest BCUT2D eigenvalue weighted by atomic mass is 16.5. The number of methoxy groups -OCH3 is 1. The van der Waals surface area contributed by atoms with E-state index in [4.69, 9.17) is 19.9 Å². The monoisotopic (exact) mass is 532 g/mol. The molecule has 2 aromatic carbocycles. The molecule has 2 aromatic rings. The number of hydrogen-bond acceptors (Lipinski definition) is 6. The third kappa shape index (κ3) is 6.73. The molecule has 0 amide bonds. The van der Waals surface area contributed by atoms with E-state index in [-0.39, 0.29) is 23.9 Å². The molecule has 2 atom stereocenters. The Morgan fingerprint density at radius 1 is 1.15 bits per heavy atom. The number of fused-ring (bicyclic) bond motifs is 2. The minimum absolute atomic E-state index is 0.197. The number of hydrogen-bond donors (Lipinski definition) is 3. The number of nitrogens with two attached hydrogens (primary N) is 1. The van der Waals surface area contributed by atoms with E-state index in [0.717, 1.165) is 41.0 Å². The van der Waals surface area contributed by atoms with Gasteiger partial charge in [-0.1, -0.05) is 37.6 Å². The van der Waals surface area contributed by atoms with Gasteiger partial charge in [-0.2, -0.15) is 0 Å². The highest BCUT2D eigenvalue weighted by Crippen LogP contribution is 2.50. The van der Waals surface area contributed by atoms with Gasteiger partial charge in [0, 0.05) is 24.7 Å². The molecule has 39 heavy (non-hydrogen) atoms. The number of ether oxygens (including phenoxy) is 3. The second kappa shape index (κ2) is 12.1. The Balaban J connectivity index is 1.64. The fourth-order valence-corrected chi connectivity index (χ4v) is 5.77. The van der Waals surface area contributed by atoms with Crippen molar-refractivity contribution in [3.8, 4) is 23.0 Å². The Hall–Kier alpha value is -3.54. The summed E-state index contributed by atoms with van der Waals surface area (Å²) in [7, 11) is 3.49. The molecule has 0 radical (unpaired) electrons. The van der Waals surface area contributed by atoms with Crippen LogP contribution in [0.5, 0.6) is 23.0 Å². The molecule has 2 unspecified atom stereocenters. The lowest BCUT2D eigenvalue weighted by atomic mass is 9.64. The van der Waals surface area contributed by atoms with Crippen molar-refractivity contribution in [1.82, 2.24) is 5.32 Å². The summed E-state index contributed by atoms with van der Waals surface area (Å²) in [5.74, 6) is 2.96. The second-order valence-corrected chi connectivity index (χ2v) is 11.7. The Bertz CT molecular complexity index is 1270. The van der Waals surface area contributed by atoms with Crippen LogP contribution in [0, 0.1) is 11.3 Å². The van der Waals surface area contributed by atoms with Crippen molar-refractivity contribution in [3.05, 3.63) is 70.1 Å². The van der Waals surface area contributed by atoms with Gasteiger partial charge < -0.3 is 30.4 Å². The SMILES string of the molecule is CN/C=C(\N)COc1cc(/C=C/c2cc3c(c(OC)c2)OC2CCCC(C)(C)C2C3)cc(O)c1CC=C(C)C. The van der Waals surface area contributed by atoms with Crippen molar-refractivity contribution in [2.75, 3.05) is 20.8 Å². The maximum atomic E-state index is 10.9. The first kappa shape index (κ1) is 28.5. The number of allylic oxidation sites excluding steroid dienone is 2. The topological polar surface area (TPSA) is 86.0 Å². The van der Waals surface area contributed by atoms with Crippen LogP contribution in [0.4, 0.5) is 0 Å². The average Bonchev–Trinajstić information content (AvgIpc) is 2.88. The maximum absolute atomic E-state index is 10.9. The van der Waals surface area contributed by atoms with Gasteiger partial charge in [-0.3, -0.25) is 0 Å². The summed E-state index contributed by atoms with van der Waals surface area (Å²) >= 11 is 0. The third-order valence-corrected chi connectivity index (χ3v) is 7.96. The molecule has 2 aliphatic rings. The first-order valence-electron chi connectivity index (χ1n) is 13.9. The van der Waals surface area contributed by atoms with E-state index in [0.29, 0.717) is 23.8 Å². The minimum Gasteiger partial charge on any atom is -0.507 e. The normalized spacial score (nSPS) is 20.0. The van der Waals surface area contributed by atoms with Gasteiger partial charge in [0.05, 0.1) is 12.8 Å². The zero-order valence-electron chi connectivity index (χ0n) is 24.3. The van der Waals surface area contributed by atoms with Gasteiger partial charge in [0.1, 0.15) is 24.2 Å². The third-order valence-electron chi connectivity index (χ3n) is 7.96. The van der Waals surface area contributed by atoms with Gasteiger partial charge in [-0.05, 0) is 92.3 Å². The smallest absolute Gasteiger partial charge is 0.164 e. The molecule has 1 saturated carbocycles. The molecule has 1 fully saturated rings. The van der Waals surface area contributed by atoms with E-state index in [1.165, 1.54) is 24.0 Å². The van der Waals surface area contributed by atoms with Crippen LogP contribution >= 0.6 is 0 Å². The van der Waals surface area contributed by atoms with E-state index in [2.05, 4.69) is 31.3 Å². The van der Waals surface area contributed by atoms with E-state index >= 15 is 0 Å². The predicted octanol–water partition coefficient (Wildman–Crippen LogP) is 6.61. The predicted molar refractivity (Wildman–Crippen MR) is 159 cm³/mol. The molecule has 1 aliphatic heterocycles. The lowest BCUT2D eigenvalue weighted by molar-refractivity contribution is -0.00708. The standard InChI is InChI=1S/C33H44N2O4/c1-21(2)9-12-26-28(36)15-23(16-30(26)38-20-25(34)19-35-5)11-10-22-14-24-18-27-29(8-7-13-33(27,3)4)39-32(24)31(17-22)37-6/h9-11,14-17,19,27,29,35-36H,7-8,12-13,18,20,34H2,1-6H3/b11-10+,25-19-. The van der Waals surface area contributed by atoms with Gasteiger partial charge in [-0.15, -0.1) is 0 Å². The van der Waals surface area contributed by atoms with Crippen LogP contribution in [0.1, 0.15) is 69.2 Å². The summed E-state index contributed by atoms with van der Waals surface area (Å²) < 4.78 is 18.3. The summed E-state index contributed by atoms with van der Waals surface area (Å²) in [5.41, 5.74) is 11.8. The number of rotatable bonds is 9. The van der Waals surface area contributed by atoms with Crippen molar-refractivity contribution < 1.29 is 19.3 Å². The molecule has 1 aliphatic carbocycles. The van der Waals surface area contributed by atoms with Crippen LogP contribution in [0.3, 0.4) is 0 Å². The summed E-state index contributed by atoms with van der Waals surface area (Å²) in [6, 6.07) is 7.95. The van der Waals surface area contributed by atoms with Crippen LogP contribution in [0.25, 0.3) is 12.2 Å². The first-order chi connectivity index (χ1) is 18.6. The molecule has 6 nitrogen and oxygen atoms in total. The Morgan fingerprint density at radius 3 is 2.56 bits per heavy atom. The van der Waals surface area contributed by atoms with Crippen LogP contribution in [0.15, 0.2) is 47.8 Å². The molecule has 6 heteroatoms. The number of aromatic hydroxyl groups is 1. The van der Waals surface area contributed by atoms with Crippen molar-refractivity contribution in [1.29, 1.82) is 0 Å². The fourth-order valence-electron chi connectivity index (χ4n) is 5.77. The largest absolute Gasteiger partial charge is 0.507 e. The zero-order valence-corrected chi connectivity index (χ0v) is 24.3. The second-order valence-electron chi connectivity index (χ2n) is 11.7. The van der Waals surface area contributed by atoms with Crippen molar-refractivity contribution in [3.63, 3.8) is 0 Å². The molecule has 210 valence electrons. The molecule has 1 heterocycles. The van der Waals surface area contributed by atoms with Gasteiger partial charge in [0.15, 0.2) is 11.5 Å². The number of phenolic OH excluding ortho intramolecular Hbond substituents is 1. The number of nitrogens with one attached hydrogen (secondary N) is 1. The van der Waals surface area contributed by atoms with Crippen molar-refractivity contribution >= 4 is 12.2 Å². The Morgan fingerprint density at radius 2 is 1.87 bits per heavy atom. The first-order valence-corrected chi connectivity index (χ1v) is 13.9. The molecule has 4 N–H and O–H groups in total. The summed E-state index contributed by atoms with van der Waals surface area (Å²) in [4.78, 5) is 0. The van der Waals surface area contributed by atoms with Gasteiger partial charge in [0.2, 0.25) is 0 Å². The lowest BCUT2D eigenvalue weighted by Crippen LogP contribution is -2.45. The maximum Gasteiger partial charge on any atom is 0.164 e. The van der Waals surface area contributed by atoms with Gasteiger partial charge >= 0.3 is 0 Å². The van der Waals surface area contributed by atoms with E-state index < -0.39 is 0 Å². The van der Waals surface area contributed by atoms with E-state index in [1.54, 1.807) is 26.4 Å². The highest BCUT2D eigenvalue weighted by Gasteiger charge is 2.43. The Kier molecular flexibility index (Phi) is 8.83. The Labute approximate surface area is 233 Å². The molecule has 0 aromatic heterocycles. The van der Waals surface area contributed by atoms with Gasteiger partial charge in [0.25, 0.3) is 0 Å². The average molecular weight is 533 g/mol. The van der Waals surface area contributed by atoms with E-state index in [1.807, 2.05) is 38.1 Å². The number of benzene rings is 2. The van der Waals surface area contributed by atoms with Crippen LogP contribution in [-0.2, 0) is 12.8 Å². The zero-order chi connectivity index (χ0) is 28.2. The summed E-state index contributed by atoms with van der Waals surface area (Å²) in [5, 5.41) is 13.8. The van der Waals surface area contributed by atoms with Crippen molar-refractivity contribution in [2.45, 2.75) is 65.9 Å². The molecular formula is C33H44N2O4. The molecule has 0 saturated heterocycles. The summed E-state index contributed by atoms with van der Waals surface area (Å²) in [6.07, 6.45) is 13.2. The molecular weight excluding hydrogens is 488 g/mol. The molecule has 0 spiro atoms. The quantitative estimate of drug-likeness (QED) is 0.249.